The van der Waals surface area contributed by atoms with E-state index in [4.69, 9.17) is 16.7 Å². The molecule has 138 valence electrons. The van der Waals surface area contributed by atoms with E-state index < -0.39 is 0 Å². The highest BCUT2D eigenvalue weighted by atomic mass is 35.5. The fraction of sp³-hybridized carbons (Fsp3) is 0.350. The number of amides is 1. The Morgan fingerprint density at radius 2 is 2.15 bits per heavy atom. The number of aliphatic hydroxyl groups is 1. The lowest BCUT2D eigenvalue weighted by Crippen LogP contribution is -2.28. The van der Waals surface area contributed by atoms with Crippen molar-refractivity contribution in [2.45, 2.75) is 31.3 Å². The first-order valence-electron chi connectivity index (χ1n) is 8.83. The van der Waals surface area contributed by atoms with Gasteiger partial charge in [-0.2, -0.15) is 0 Å². The Kier molecular flexibility index (Phi) is 6.14. The molecule has 4 N–H and O–H groups in total. The van der Waals surface area contributed by atoms with Crippen LogP contribution in [-0.4, -0.2) is 34.5 Å². The van der Waals surface area contributed by atoms with E-state index in [0.29, 0.717) is 18.8 Å². The highest BCUT2D eigenvalue weighted by Crippen LogP contribution is 2.14. The number of carbonyl (C=O) groups excluding carboxylic acids is 1. The molecule has 0 fully saturated rings. The summed E-state index contributed by atoms with van der Waals surface area (Å²) >= 11 is 6.13. The molecule has 0 spiro atoms. The smallest absolute Gasteiger partial charge is 0.268 e. The average molecular weight is 374 g/mol. The summed E-state index contributed by atoms with van der Waals surface area (Å²) in [6.45, 7) is 3.38. The summed E-state index contributed by atoms with van der Waals surface area (Å²) < 4.78 is 0. The van der Waals surface area contributed by atoms with Gasteiger partial charge in [0.1, 0.15) is 5.69 Å². The molecule has 1 aromatic carbocycles. The van der Waals surface area contributed by atoms with Gasteiger partial charge >= 0.3 is 0 Å². The molecule has 1 aliphatic rings. The van der Waals surface area contributed by atoms with Gasteiger partial charge in [-0.3, -0.25) is 4.79 Å². The second kappa shape index (κ2) is 8.54. The second-order valence-electron chi connectivity index (χ2n) is 6.51. The van der Waals surface area contributed by atoms with E-state index in [-0.39, 0.29) is 23.9 Å². The molecule has 0 bridgehead atoms. The maximum absolute atomic E-state index is 12.5. The molecule has 1 amide bonds. The Balaban J connectivity index is 1.63. The minimum atomic E-state index is -0.131. The van der Waals surface area contributed by atoms with E-state index in [2.05, 4.69) is 15.6 Å². The van der Waals surface area contributed by atoms with Crippen LogP contribution in [0.5, 0.6) is 0 Å². The van der Waals surface area contributed by atoms with E-state index in [0.717, 1.165) is 28.1 Å². The molecule has 5 nitrogen and oxygen atoms in total. The molecule has 2 unspecified atom stereocenters. The number of alkyl halides is 1. The molecule has 26 heavy (non-hydrogen) atoms. The summed E-state index contributed by atoms with van der Waals surface area (Å²) in [4.78, 5) is 15.7. The zero-order valence-electron chi connectivity index (χ0n) is 14.8. The second-order valence-corrected chi connectivity index (χ2v) is 7.07. The standard InChI is InChI=1S/C20H24ClN3O2/c1-13(15-4-2-14(3-5-15)12-22-8-9-25)23-20(26)19-11-16-10-17(21)6-7-18(16)24-19/h2-5,7,10-11,13,17,22,24-25H,6,8-9,12H2,1H3,(H,23,26). The number of hydrogen-bond acceptors (Lipinski definition) is 3. The molecule has 0 saturated heterocycles. The van der Waals surface area contributed by atoms with Crippen molar-refractivity contribution in [2.75, 3.05) is 13.2 Å². The molecule has 2 atom stereocenters. The molecule has 0 radical (unpaired) electrons. The Morgan fingerprint density at radius 3 is 2.88 bits per heavy atom. The largest absolute Gasteiger partial charge is 0.395 e. The SMILES string of the molecule is CC(NC(=O)c1cc2c([nH]1)=CCC(Cl)C=2)c1ccc(CNCCO)cc1. The van der Waals surface area contributed by atoms with Gasteiger partial charge in [0.2, 0.25) is 0 Å². The lowest BCUT2D eigenvalue weighted by molar-refractivity contribution is 0.0935. The van der Waals surface area contributed by atoms with Crippen molar-refractivity contribution in [3.8, 4) is 0 Å². The number of rotatable bonds is 7. The molecule has 2 aromatic rings. The van der Waals surface area contributed by atoms with Gasteiger partial charge in [0.05, 0.1) is 18.0 Å². The van der Waals surface area contributed by atoms with Crippen LogP contribution >= 0.6 is 11.6 Å². The number of aromatic amines is 1. The van der Waals surface area contributed by atoms with Gasteiger partial charge < -0.3 is 20.7 Å². The average Bonchev–Trinajstić information content (AvgIpc) is 3.05. The van der Waals surface area contributed by atoms with Gasteiger partial charge in [-0.1, -0.05) is 36.4 Å². The minimum Gasteiger partial charge on any atom is -0.395 e. The zero-order valence-corrected chi connectivity index (χ0v) is 15.5. The lowest BCUT2D eigenvalue weighted by Gasteiger charge is -2.14. The van der Waals surface area contributed by atoms with Crippen molar-refractivity contribution >= 4 is 29.7 Å². The number of hydrogen-bond donors (Lipinski definition) is 4. The van der Waals surface area contributed by atoms with Crippen LogP contribution < -0.4 is 21.2 Å². The van der Waals surface area contributed by atoms with Gasteiger partial charge in [0, 0.05) is 18.4 Å². The van der Waals surface area contributed by atoms with Crippen molar-refractivity contribution < 1.29 is 9.90 Å². The van der Waals surface area contributed by atoms with Gasteiger partial charge in [0.15, 0.2) is 0 Å². The summed E-state index contributed by atoms with van der Waals surface area (Å²) in [6.07, 6.45) is 4.76. The summed E-state index contributed by atoms with van der Waals surface area (Å²) in [5.41, 5.74) is 2.73. The maximum atomic E-state index is 12.5. The van der Waals surface area contributed by atoms with E-state index in [1.165, 1.54) is 0 Å². The Morgan fingerprint density at radius 1 is 1.38 bits per heavy atom. The van der Waals surface area contributed by atoms with Crippen LogP contribution in [0.15, 0.2) is 30.3 Å². The third kappa shape index (κ3) is 4.55. The predicted molar refractivity (Wildman–Crippen MR) is 104 cm³/mol. The summed E-state index contributed by atoms with van der Waals surface area (Å²) in [5.74, 6) is -0.131. The van der Waals surface area contributed by atoms with Gasteiger partial charge in [0.25, 0.3) is 5.91 Å². The third-order valence-corrected chi connectivity index (χ3v) is 4.78. The van der Waals surface area contributed by atoms with E-state index >= 15 is 0 Å². The van der Waals surface area contributed by atoms with Gasteiger partial charge in [-0.25, -0.2) is 0 Å². The molecule has 0 aliphatic heterocycles. The number of fused-ring (bicyclic) bond motifs is 1. The van der Waals surface area contributed by atoms with Crippen LogP contribution in [-0.2, 0) is 6.54 Å². The summed E-state index contributed by atoms with van der Waals surface area (Å²) in [7, 11) is 0. The van der Waals surface area contributed by atoms with Crippen LogP contribution in [0.3, 0.4) is 0 Å². The van der Waals surface area contributed by atoms with Crippen molar-refractivity contribution in [3.05, 3.63) is 57.7 Å². The number of halogens is 1. The molecule has 6 heteroatoms. The third-order valence-electron chi connectivity index (χ3n) is 4.48. The topological polar surface area (TPSA) is 77.2 Å². The fourth-order valence-electron chi connectivity index (χ4n) is 3.00. The first kappa shape index (κ1) is 18.7. The first-order valence-corrected chi connectivity index (χ1v) is 9.27. The Labute approximate surface area is 157 Å². The quantitative estimate of drug-likeness (QED) is 0.434. The highest BCUT2D eigenvalue weighted by molar-refractivity contribution is 6.24. The number of aliphatic hydroxyl groups excluding tert-OH is 1. The fourth-order valence-corrected chi connectivity index (χ4v) is 3.23. The number of H-pyrrole nitrogens is 1. The molecular formula is C20H24ClN3O2. The van der Waals surface area contributed by atoms with Crippen molar-refractivity contribution in [1.29, 1.82) is 0 Å². The normalized spacial score (nSPS) is 17.0. The van der Waals surface area contributed by atoms with Gasteiger partial charge in [-0.15, -0.1) is 11.6 Å². The molecule has 1 heterocycles. The van der Waals surface area contributed by atoms with Crippen LogP contribution in [0.1, 0.15) is 41.0 Å². The van der Waals surface area contributed by atoms with Crippen molar-refractivity contribution in [2.24, 2.45) is 0 Å². The maximum Gasteiger partial charge on any atom is 0.268 e. The first-order chi connectivity index (χ1) is 12.6. The number of carbonyl (C=O) groups is 1. The number of nitrogens with one attached hydrogen (secondary N) is 3. The minimum absolute atomic E-state index is 0.0153. The van der Waals surface area contributed by atoms with E-state index in [1.807, 2.05) is 49.4 Å². The lowest BCUT2D eigenvalue weighted by atomic mass is 10.1. The van der Waals surface area contributed by atoms with Crippen molar-refractivity contribution in [1.82, 2.24) is 15.6 Å². The van der Waals surface area contributed by atoms with Crippen LogP contribution in [0, 0.1) is 0 Å². The molecule has 1 aromatic heterocycles. The zero-order chi connectivity index (χ0) is 18.5. The Hall–Kier alpha value is -2.08. The molecular weight excluding hydrogens is 350 g/mol. The number of aromatic nitrogens is 1. The Bertz CT molecular complexity index is 873. The van der Waals surface area contributed by atoms with Gasteiger partial charge in [-0.05, 0) is 35.8 Å². The molecule has 0 saturated carbocycles. The molecule has 1 aliphatic carbocycles. The number of benzene rings is 1. The van der Waals surface area contributed by atoms with Crippen LogP contribution in [0.4, 0.5) is 0 Å². The van der Waals surface area contributed by atoms with Crippen LogP contribution in [0.25, 0.3) is 12.2 Å². The molecule has 3 rings (SSSR count). The summed E-state index contributed by atoms with van der Waals surface area (Å²) in [5, 5.41) is 16.9. The van der Waals surface area contributed by atoms with E-state index in [1.54, 1.807) is 0 Å². The van der Waals surface area contributed by atoms with Crippen LogP contribution in [0.2, 0.25) is 0 Å². The highest BCUT2D eigenvalue weighted by Gasteiger charge is 2.14. The monoisotopic (exact) mass is 373 g/mol. The summed E-state index contributed by atoms with van der Waals surface area (Å²) in [6, 6.07) is 9.83. The van der Waals surface area contributed by atoms with E-state index in [9.17, 15) is 4.79 Å². The van der Waals surface area contributed by atoms with Crippen molar-refractivity contribution in [3.63, 3.8) is 0 Å². The predicted octanol–water partition coefficient (Wildman–Crippen LogP) is 1.16.